The van der Waals surface area contributed by atoms with Gasteiger partial charge in [-0.3, -0.25) is 4.79 Å². The molecule has 0 bridgehead atoms. The van der Waals surface area contributed by atoms with Crippen LogP contribution in [-0.2, 0) is 11.2 Å². The highest BCUT2D eigenvalue weighted by molar-refractivity contribution is 7.10. The van der Waals surface area contributed by atoms with E-state index in [0.717, 1.165) is 17.7 Å². The van der Waals surface area contributed by atoms with Crippen molar-refractivity contribution in [3.63, 3.8) is 0 Å². The van der Waals surface area contributed by atoms with Crippen LogP contribution in [0.5, 0.6) is 0 Å². The van der Waals surface area contributed by atoms with Gasteiger partial charge in [-0.05, 0) is 35.4 Å². The van der Waals surface area contributed by atoms with Crippen molar-refractivity contribution < 1.29 is 9.90 Å². The standard InChI is InChI=1S/C16H17NO2S/c18-16(19)10-14(15-6-3-9-20-15)17-13-8-7-11-4-1-2-5-12(11)13/h1-6,9,13-14,17H,7-8,10H2,(H,18,19). The molecule has 2 atom stereocenters. The summed E-state index contributed by atoms with van der Waals surface area (Å²) in [6, 6.07) is 12.6. The van der Waals surface area contributed by atoms with Gasteiger partial charge in [0.25, 0.3) is 0 Å². The first-order valence-electron chi connectivity index (χ1n) is 6.83. The maximum Gasteiger partial charge on any atom is 0.305 e. The van der Waals surface area contributed by atoms with Gasteiger partial charge in [0.1, 0.15) is 0 Å². The smallest absolute Gasteiger partial charge is 0.305 e. The van der Waals surface area contributed by atoms with Crippen LogP contribution in [0.4, 0.5) is 0 Å². The Labute approximate surface area is 122 Å². The lowest BCUT2D eigenvalue weighted by atomic mass is 10.1. The van der Waals surface area contributed by atoms with Crippen LogP contribution in [0.25, 0.3) is 0 Å². The third-order valence-corrected chi connectivity index (χ3v) is 4.79. The molecule has 0 spiro atoms. The van der Waals surface area contributed by atoms with E-state index in [9.17, 15) is 4.79 Å². The number of hydrogen-bond donors (Lipinski definition) is 2. The predicted octanol–water partition coefficient (Wildman–Crippen LogP) is 3.54. The third-order valence-electron chi connectivity index (χ3n) is 3.80. The van der Waals surface area contributed by atoms with Gasteiger partial charge in [-0.15, -0.1) is 11.3 Å². The highest BCUT2D eigenvalue weighted by atomic mass is 32.1. The first kappa shape index (κ1) is 13.3. The van der Waals surface area contributed by atoms with E-state index in [1.807, 2.05) is 17.5 Å². The molecule has 2 aromatic rings. The van der Waals surface area contributed by atoms with Crippen LogP contribution in [0, 0.1) is 0 Å². The summed E-state index contributed by atoms with van der Waals surface area (Å²) in [4.78, 5) is 12.2. The van der Waals surface area contributed by atoms with E-state index in [1.165, 1.54) is 11.1 Å². The van der Waals surface area contributed by atoms with E-state index < -0.39 is 5.97 Å². The largest absolute Gasteiger partial charge is 0.481 e. The Bertz CT molecular complexity index is 594. The molecule has 2 N–H and O–H groups in total. The number of carboxylic acid groups (broad SMARTS) is 1. The Hall–Kier alpha value is -1.65. The molecule has 1 heterocycles. The van der Waals surface area contributed by atoms with Crippen molar-refractivity contribution in [2.45, 2.75) is 31.3 Å². The SMILES string of the molecule is O=C(O)CC(NC1CCc2ccccc21)c1cccs1. The Morgan fingerprint density at radius 2 is 2.20 bits per heavy atom. The minimum absolute atomic E-state index is 0.108. The molecule has 1 aliphatic carbocycles. The van der Waals surface area contributed by atoms with E-state index in [1.54, 1.807) is 11.3 Å². The predicted molar refractivity (Wildman–Crippen MR) is 80.0 cm³/mol. The zero-order valence-corrected chi connectivity index (χ0v) is 11.9. The van der Waals surface area contributed by atoms with Gasteiger partial charge in [0, 0.05) is 10.9 Å². The molecule has 1 aromatic carbocycles. The molecule has 1 aromatic heterocycles. The summed E-state index contributed by atoms with van der Waals surface area (Å²) < 4.78 is 0. The minimum Gasteiger partial charge on any atom is -0.481 e. The van der Waals surface area contributed by atoms with Crippen molar-refractivity contribution in [3.05, 3.63) is 57.8 Å². The van der Waals surface area contributed by atoms with Crippen LogP contribution in [0.1, 0.15) is 40.9 Å². The van der Waals surface area contributed by atoms with Crippen LogP contribution in [0.3, 0.4) is 0 Å². The zero-order chi connectivity index (χ0) is 13.9. The number of nitrogens with one attached hydrogen (secondary N) is 1. The second-order valence-electron chi connectivity index (χ2n) is 5.12. The van der Waals surface area contributed by atoms with Gasteiger partial charge >= 0.3 is 5.97 Å². The van der Waals surface area contributed by atoms with E-state index in [0.29, 0.717) is 0 Å². The van der Waals surface area contributed by atoms with Crippen molar-refractivity contribution in [3.8, 4) is 0 Å². The lowest BCUT2D eigenvalue weighted by molar-refractivity contribution is -0.137. The van der Waals surface area contributed by atoms with Crippen LogP contribution >= 0.6 is 11.3 Å². The summed E-state index contributed by atoms with van der Waals surface area (Å²) in [6.07, 6.45) is 2.23. The molecule has 20 heavy (non-hydrogen) atoms. The first-order chi connectivity index (χ1) is 9.74. The lowest BCUT2D eigenvalue weighted by Crippen LogP contribution is -2.26. The van der Waals surface area contributed by atoms with E-state index in [4.69, 9.17) is 5.11 Å². The fraction of sp³-hybridized carbons (Fsp3) is 0.312. The lowest BCUT2D eigenvalue weighted by Gasteiger charge is -2.21. The number of benzene rings is 1. The summed E-state index contributed by atoms with van der Waals surface area (Å²) in [6.45, 7) is 0. The van der Waals surface area contributed by atoms with Crippen molar-refractivity contribution in [2.24, 2.45) is 0 Å². The molecule has 2 unspecified atom stereocenters. The monoisotopic (exact) mass is 287 g/mol. The van der Waals surface area contributed by atoms with Crippen LogP contribution in [-0.4, -0.2) is 11.1 Å². The highest BCUT2D eigenvalue weighted by Gasteiger charge is 2.26. The van der Waals surface area contributed by atoms with Crippen molar-refractivity contribution >= 4 is 17.3 Å². The number of aryl methyl sites for hydroxylation is 1. The van der Waals surface area contributed by atoms with E-state index >= 15 is 0 Å². The molecule has 0 amide bonds. The van der Waals surface area contributed by atoms with Crippen LogP contribution < -0.4 is 5.32 Å². The van der Waals surface area contributed by atoms with E-state index in [2.05, 4.69) is 29.6 Å². The molecular formula is C16H17NO2S. The number of carboxylic acids is 1. The molecular weight excluding hydrogens is 270 g/mol. The second kappa shape index (κ2) is 5.77. The summed E-state index contributed by atoms with van der Waals surface area (Å²) in [5.41, 5.74) is 2.70. The fourth-order valence-corrected chi connectivity index (χ4v) is 3.67. The number of hydrogen-bond acceptors (Lipinski definition) is 3. The topological polar surface area (TPSA) is 49.3 Å². The fourth-order valence-electron chi connectivity index (χ4n) is 2.88. The number of carbonyl (C=O) groups is 1. The van der Waals surface area contributed by atoms with Gasteiger partial charge in [0.05, 0.1) is 12.5 Å². The maximum absolute atomic E-state index is 11.1. The summed E-state index contributed by atoms with van der Waals surface area (Å²) >= 11 is 1.61. The molecule has 0 aliphatic heterocycles. The Morgan fingerprint density at radius 3 is 2.95 bits per heavy atom. The van der Waals surface area contributed by atoms with Crippen molar-refractivity contribution in [2.75, 3.05) is 0 Å². The maximum atomic E-state index is 11.1. The van der Waals surface area contributed by atoms with Gasteiger partial charge in [0.2, 0.25) is 0 Å². The minimum atomic E-state index is -0.762. The first-order valence-corrected chi connectivity index (χ1v) is 7.71. The van der Waals surface area contributed by atoms with E-state index in [-0.39, 0.29) is 18.5 Å². The average molecular weight is 287 g/mol. The molecule has 0 saturated carbocycles. The summed E-state index contributed by atoms with van der Waals surface area (Å²) in [7, 11) is 0. The van der Waals surface area contributed by atoms with Crippen LogP contribution in [0.15, 0.2) is 41.8 Å². The molecule has 0 saturated heterocycles. The van der Waals surface area contributed by atoms with Gasteiger partial charge in [-0.1, -0.05) is 30.3 Å². The number of rotatable bonds is 5. The summed E-state index contributed by atoms with van der Waals surface area (Å²) in [5, 5.41) is 14.6. The van der Waals surface area contributed by atoms with Gasteiger partial charge in [-0.25, -0.2) is 0 Å². The average Bonchev–Trinajstić information content (AvgIpc) is 3.07. The highest BCUT2D eigenvalue weighted by Crippen LogP contribution is 2.34. The quantitative estimate of drug-likeness (QED) is 0.884. The third kappa shape index (κ3) is 2.76. The van der Waals surface area contributed by atoms with Crippen molar-refractivity contribution in [1.29, 1.82) is 0 Å². The molecule has 4 heteroatoms. The Morgan fingerprint density at radius 1 is 1.35 bits per heavy atom. The van der Waals surface area contributed by atoms with Gasteiger partial charge < -0.3 is 10.4 Å². The second-order valence-corrected chi connectivity index (χ2v) is 6.10. The Kier molecular flexibility index (Phi) is 3.85. The molecule has 0 fully saturated rings. The molecule has 0 radical (unpaired) electrons. The molecule has 1 aliphatic rings. The zero-order valence-electron chi connectivity index (χ0n) is 11.1. The van der Waals surface area contributed by atoms with Gasteiger partial charge in [0.15, 0.2) is 0 Å². The number of thiophene rings is 1. The molecule has 3 nitrogen and oxygen atoms in total. The number of aliphatic carboxylic acids is 1. The van der Waals surface area contributed by atoms with Crippen molar-refractivity contribution in [1.82, 2.24) is 5.32 Å². The summed E-state index contributed by atoms with van der Waals surface area (Å²) in [5.74, 6) is -0.762. The Balaban J connectivity index is 1.79. The normalized spacial score (nSPS) is 18.7. The molecule has 104 valence electrons. The molecule has 3 rings (SSSR count). The van der Waals surface area contributed by atoms with Gasteiger partial charge in [-0.2, -0.15) is 0 Å². The van der Waals surface area contributed by atoms with Crippen LogP contribution in [0.2, 0.25) is 0 Å². The number of fused-ring (bicyclic) bond motifs is 1.